The highest BCUT2D eigenvalue weighted by atomic mass is 16.6. The van der Waals surface area contributed by atoms with E-state index in [2.05, 4.69) is 36.0 Å². The summed E-state index contributed by atoms with van der Waals surface area (Å²) >= 11 is 0. The third-order valence-electron chi connectivity index (χ3n) is 4.35. The molecule has 1 atom stereocenters. The first-order chi connectivity index (χ1) is 11.6. The Bertz CT molecular complexity index is 686. The fourth-order valence-electron chi connectivity index (χ4n) is 2.95. The summed E-state index contributed by atoms with van der Waals surface area (Å²) in [6.07, 6.45) is 3.69. The minimum absolute atomic E-state index is 0.108. The van der Waals surface area contributed by atoms with Crippen molar-refractivity contribution in [2.24, 2.45) is 0 Å². The van der Waals surface area contributed by atoms with Crippen LogP contribution in [0.2, 0.25) is 0 Å². The van der Waals surface area contributed by atoms with Gasteiger partial charge in [0.05, 0.1) is 15.8 Å². The standard InChI is InChI=1S/C18H26N4O2/c1-4-21(5-2)13-7-8-14(3)20-17-11-10-16-15(9-6-12-19-16)18(17)22(23)24/h6,9-12,14,20H,4-5,7-8,13H2,1-3H3. The molecule has 6 heteroatoms. The number of nitrogens with one attached hydrogen (secondary N) is 1. The fourth-order valence-corrected chi connectivity index (χ4v) is 2.95. The topological polar surface area (TPSA) is 71.3 Å². The lowest BCUT2D eigenvalue weighted by molar-refractivity contribution is -0.382. The maximum absolute atomic E-state index is 11.5. The summed E-state index contributed by atoms with van der Waals surface area (Å²) in [6.45, 7) is 9.57. The monoisotopic (exact) mass is 330 g/mol. The van der Waals surface area contributed by atoms with E-state index in [0.717, 1.165) is 32.5 Å². The third kappa shape index (κ3) is 4.41. The Kier molecular flexibility index (Phi) is 6.49. The predicted octanol–water partition coefficient (Wildman–Crippen LogP) is 4.07. The number of rotatable bonds is 9. The molecule has 0 aliphatic rings. The first-order valence-corrected chi connectivity index (χ1v) is 8.57. The molecule has 1 aromatic heterocycles. The Morgan fingerprint density at radius 1 is 1.29 bits per heavy atom. The van der Waals surface area contributed by atoms with Gasteiger partial charge in [0.1, 0.15) is 5.69 Å². The molecule has 0 saturated heterocycles. The van der Waals surface area contributed by atoms with Gasteiger partial charge in [-0.25, -0.2) is 0 Å². The first-order valence-electron chi connectivity index (χ1n) is 8.57. The fraction of sp³-hybridized carbons (Fsp3) is 0.500. The molecule has 0 aliphatic carbocycles. The zero-order valence-electron chi connectivity index (χ0n) is 14.7. The van der Waals surface area contributed by atoms with E-state index in [4.69, 9.17) is 0 Å². The zero-order chi connectivity index (χ0) is 17.5. The van der Waals surface area contributed by atoms with Crippen molar-refractivity contribution in [1.82, 2.24) is 9.88 Å². The van der Waals surface area contributed by atoms with Crippen LogP contribution in [0.4, 0.5) is 11.4 Å². The van der Waals surface area contributed by atoms with Crippen molar-refractivity contribution < 1.29 is 4.92 Å². The van der Waals surface area contributed by atoms with E-state index in [1.54, 1.807) is 24.4 Å². The lowest BCUT2D eigenvalue weighted by Gasteiger charge is -2.20. The van der Waals surface area contributed by atoms with Crippen LogP contribution < -0.4 is 5.32 Å². The molecule has 24 heavy (non-hydrogen) atoms. The number of nitro benzene ring substituents is 1. The van der Waals surface area contributed by atoms with Crippen molar-refractivity contribution in [3.8, 4) is 0 Å². The Balaban J connectivity index is 2.09. The quantitative estimate of drug-likeness (QED) is 0.554. The van der Waals surface area contributed by atoms with Crippen LogP contribution in [0.3, 0.4) is 0 Å². The molecular weight excluding hydrogens is 304 g/mol. The van der Waals surface area contributed by atoms with Gasteiger partial charge in [-0.05, 0) is 63.7 Å². The molecule has 1 unspecified atom stereocenters. The number of benzene rings is 1. The number of pyridine rings is 1. The van der Waals surface area contributed by atoms with Crippen LogP contribution in [0.15, 0.2) is 30.5 Å². The van der Waals surface area contributed by atoms with Crippen LogP contribution in [-0.2, 0) is 0 Å². The van der Waals surface area contributed by atoms with Gasteiger partial charge in [0.15, 0.2) is 0 Å². The SMILES string of the molecule is CCN(CC)CCCC(C)Nc1ccc2ncccc2c1[N+](=O)[O-]. The molecule has 6 nitrogen and oxygen atoms in total. The molecule has 2 aromatic rings. The first kappa shape index (κ1) is 18.1. The van der Waals surface area contributed by atoms with Crippen LogP contribution in [0.25, 0.3) is 10.9 Å². The molecule has 2 rings (SSSR count). The van der Waals surface area contributed by atoms with Crippen LogP contribution in [0.5, 0.6) is 0 Å². The van der Waals surface area contributed by atoms with E-state index >= 15 is 0 Å². The minimum atomic E-state index is -0.324. The van der Waals surface area contributed by atoms with Gasteiger partial charge in [0, 0.05) is 12.2 Å². The molecule has 0 amide bonds. The van der Waals surface area contributed by atoms with Crippen molar-refractivity contribution in [1.29, 1.82) is 0 Å². The average molecular weight is 330 g/mol. The summed E-state index contributed by atoms with van der Waals surface area (Å²) in [4.78, 5) is 17.8. The van der Waals surface area contributed by atoms with Gasteiger partial charge in [-0.3, -0.25) is 15.1 Å². The maximum Gasteiger partial charge on any atom is 0.301 e. The highest BCUT2D eigenvalue weighted by Gasteiger charge is 2.20. The Hall–Kier alpha value is -2.21. The van der Waals surface area contributed by atoms with E-state index in [1.807, 2.05) is 6.07 Å². The highest BCUT2D eigenvalue weighted by Crippen LogP contribution is 2.33. The van der Waals surface area contributed by atoms with E-state index in [-0.39, 0.29) is 16.7 Å². The van der Waals surface area contributed by atoms with Crippen molar-refractivity contribution in [3.63, 3.8) is 0 Å². The van der Waals surface area contributed by atoms with Gasteiger partial charge in [-0.15, -0.1) is 0 Å². The molecule has 0 spiro atoms. The van der Waals surface area contributed by atoms with Crippen molar-refractivity contribution >= 4 is 22.3 Å². The maximum atomic E-state index is 11.5. The summed E-state index contributed by atoms with van der Waals surface area (Å²) in [5.74, 6) is 0. The summed E-state index contributed by atoms with van der Waals surface area (Å²) < 4.78 is 0. The molecule has 1 heterocycles. The van der Waals surface area contributed by atoms with Gasteiger partial charge >= 0.3 is 5.69 Å². The number of nitro groups is 1. The van der Waals surface area contributed by atoms with Crippen LogP contribution in [-0.4, -0.2) is 40.5 Å². The second-order valence-corrected chi connectivity index (χ2v) is 6.00. The van der Waals surface area contributed by atoms with E-state index in [1.165, 1.54) is 0 Å². The van der Waals surface area contributed by atoms with Gasteiger partial charge in [0.2, 0.25) is 0 Å². The third-order valence-corrected chi connectivity index (χ3v) is 4.35. The summed E-state index contributed by atoms with van der Waals surface area (Å²) in [6, 6.07) is 7.23. The van der Waals surface area contributed by atoms with E-state index < -0.39 is 0 Å². The zero-order valence-corrected chi connectivity index (χ0v) is 14.7. The highest BCUT2D eigenvalue weighted by molar-refractivity contribution is 5.94. The van der Waals surface area contributed by atoms with Crippen LogP contribution in [0.1, 0.15) is 33.6 Å². The molecule has 1 N–H and O–H groups in total. The van der Waals surface area contributed by atoms with Gasteiger partial charge in [-0.1, -0.05) is 13.8 Å². The summed E-state index contributed by atoms with van der Waals surface area (Å²) in [5.41, 5.74) is 1.32. The number of hydrogen-bond acceptors (Lipinski definition) is 5. The molecule has 0 fully saturated rings. The average Bonchev–Trinajstić information content (AvgIpc) is 2.58. The minimum Gasteiger partial charge on any atom is -0.377 e. The molecule has 0 radical (unpaired) electrons. The lowest BCUT2D eigenvalue weighted by Crippen LogP contribution is -2.25. The number of nitrogens with zero attached hydrogens (tertiary/aromatic N) is 3. The van der Waals surface area contributed by atoms with Crippen LogP contribution in [0, 0.1) is 10.1 Å². The molecule has 0 aliphatic heterocycles. The predicted molar refractivity (Wildman–Crippen MR) is 98.5 cm³/mol. The van der Waals surface area contributed by atoms with Gasteiger partial charge < -0.3 is 10.2 Å². The van der Waals surface area contributed by atoms with E-state index in [9.17, 15) is 10.1 Å². The molecule has 0 bridgehead atoms. The van der Waals surface area contributed by atoms with Gasteiger partial charge in [0.25, 0.3) is 0 Å². The van der Waals surface area contributed by atoms with Crippen molar-refractivity contribution in [2.75, 3.05) is 25.0 Å². The second kappa shape index (κ2) is 8.59. The number of fused-ring (bicyclic) bond motifs is 1. The smallest absolute Gasteiger partial charge is 0.301 e. The van der Waals surface area contributed by atoms with Crippen molar-refractivity contribution in [2.45, 2.75) is 39.7 Å². The lowest BCUT2D eigenvalue weighted by atomic mass is 10.1. The largest absolute Gasteiger partial charge is 0.377 e. The van der Waals surface area contributed by atoms with Crippen LogP contribution >= 0.6 is 0 Å². The Morgan fingerprint density at radius 2 is 2.04 bits per heavy atom. The summed E-state index contributed by atoms with van der Waals surface area (Å²) in [5, 5.41) is 15.4. The molecular formula is C18H26N4O2. The summed E-state index contributed by atoms with van der Waals surface area (Å²) in [7, 11) is 0. The number of anilines is 1. The van der Waals surface area contributed by atoms with Gasteiger partial charge in [-0.2, -0.15) is 0 Å². The molecule has 0 saturated carbocycles. The number of aromatic nitrogens is 1. The molecule has 130 valence electrons. The Morgan fingerprint density at radius 3 is 2.71 bits per heavy atom. The van der Waals surface area contributed by atoms with Crippen molar-refractivity contribution in [3.05, 3.63) is 40.6 Å². The number of hydrogen-bond donors (Lipinski definition) is 1. The molecule has 1 aromatic carbocycles. The Labute approximate surface area is 143 Å². The van der Waals surface area contributed by atoms with E-state index in [0.29, 0.717) is 16.6 Å². The second-order valence-electron chi connectivity index (χ2n) is 6.00. The normalized spacial score (nSPS) is 12.5.